The maximum Gasteiger partial charge on any atom is 0.224 e. The van der Waals surface area contributed by atoms with E-state index >= 15 is 0 Å². The summed E-state index contributed by atoms with van der Waals surface area (Å²) in [6.45, 7) is 5.90. The molecular weight excluding hydrogens is 276 g/mol. The van der Waals surface area contributed by atoms with Crippen molar-refractivity contribution in [3.8, 4) is 0 Å². The lowest BCUT2D eigenvalue weighted by atomic mass is 9.99. The molecule has 2 atom stereocenters. The summed E-state index contributed by atoms with van der Waals surface area (Å²) < 4.78 is 1.98. The molecule has 1 aliphatic carbocycles. The van der Waals surface area contributed by atoms with Crippen LogP contribution in [-0.2, 0) is 17.9 Å². The molecule has 2 heterocycles. The van der Waals surface area contributed by atoms with Crippen LogP contribution in [0.15, 0.2) is 12.4 Å². The van der Waals surface area contributed by atoms with Gasteiger partial charge in [0.1, 0.15) is 0 Å². The average molecular weight is 304 g/mol. The molecular formula is C17H28N4O. The first-order valence-corrected chi connectivity index (χ1v) is 8.81. The van der Waals surface area contributed by atoms with Gasteiger partial charge in [0.2, 0.25) is 5.91 Å². The third-order valence-electron chi connectivity index (χ3n) is 5.10. The van der Waals surface area contributed by atoms with Crippen LogP contribution in [0.4, 0.5) is 0 Å². The van der Waals surface area contributed by atoms with E-state index in [2.05, 4.69) is 28.4 Å². The van der Waals surface area contributed by atoms with Crippen LogP contribution in [-0.4, -0.2) is 39.7 Å². The Bertz CT molecular complexity index is 499. The fourth-order valence-corrected chi connectivity index (χ4v) is 3.90. The lowest BCUT2D eigenvalue weighted by molar-refractivity contribution is -0.126. The van der Waals surface area contributed by atoms with Gasteiger partial charge in [-0.05, 0) is 39.2 Å². The summed E-state index contributed by atoms with van der Waals surface area (Å²) in [6.07, 6.45) is 11.0. The number of aryl methyl sites for hydroxylation is 1. The number of aromatic nitrogens is 2. The van der Waals surface area contributed by atoms with Crippen molar-refractivity contribution in [2.45, 2.75) is 64.6 Å². The van der Waals surface area contributed by atoms with E-state index in [4.69, 9.17) is 0 Å². The average Bonchev–Trinajstić information content (AvgIpc) is 3.17. The highest BCUT2D eigenvalue weighted by atomic mass is 16.1. The van der Waals surface area contributed by atoms with Gasteiger partial charge < -0.3 is 5.32 Å². The molecule has 3 rings (SSSR count). The molecule has 122 valence electrons. The van der Waals surface area contributed by atoms with Gasteiger partial charge in [-0.15, -0.1) is 0 Å². The first kappa shape index (κ1) is 15.5. The molecule has 1 amide bonds. The van der Waals surface area contributed by atoms with Crippen LogP contribution < -0.4 is 5.32 Å². The fourth-order valence-electron chi connectivity index (χ4n) is 3.90. The lowest BCUT2D eigenvalue weighted by Crippen LogP contribution is -2.45. The third kappa shape index (κ3) is 3.51. The second kappa shape index (κ2) is 7.27. The van der Waals surface area contributed by atoms with Crippen LogP contribution in [0.25, 0.3) is 0 Å². The van der Waals surface area contributed by atoms with Gasteiger partial charge in [-0.3, -0.25) is 14.4 Å². The zero-order valence-corrected chi connectivity index (χ0v) is 13.6. The van der Waals surface area contributed by atoms with Gasteiger partial charge in [0, 0.05) is 37.4 Å². The highest BCUT2D eigenvalue weighted by Gasteiger charge is 2.36. The summed E-state index contributed by atoms with van der Waals surface area (Å²) >= 11 is 0. The third-order valence-corrected chi connectivity index (χ3v) is 5.10. The predicted molar refractivity (Wildman–Crippen MR) is 86.3 cm³/mol. The normalized spacial score (nSPS) is 27.4. The van der Waals surface area contributed by atoms with E-state index in [0.717, 1.165) is 45.4 Å². The van der Waals surface area contributed by atoms with Crippen LogP contribution >= 0.6 is 0 Å². The zero-order valence-electron chi connectivity index (χ0n) is 13.6. The first-order valence-electron chi connectivity index (χ1n) is 8.81. The number of fused-ring (bicyclic) bond motifs is 1. The Morgan fingerprint density at radius 2 is 2.18 bits per heavy atom. The van der Waals surface area contributed by atoms with Gasteiger partial charge in [0.05, 0.1) is 12.1 Å². The van der Waals surface area contributed by atoms with Crippen molar-refractivity contribution >= 4 is 5.91 Å². The Labute approximate surface area is 133 Å². The van der Waals surface area contributed by atoms with Crippen LogP contribution in [0.1, 0.15) is 51.0 Å². The van der Waals surface area contributed by atoms with Gasteiger partial charge in [-0.25, -0.2) is 0 Å². The van der Waals surface area contributed by atoms with E-state index < -0.39 is 0 Å². The van der Waals surface area contributed by atoms with Gasteiger partial charge in [0.25, 0.3) is 0 Å². The van der Waals surface area contributed by atoms with Gasteiger partial charge >= 0.3 is 0 Å². The van der Waals surface area contributed by atoms with Gasteiger partial charge in [-0.1, -0.05) is 12.8 Å². The Morgan fingerprint density at radius 1 is 1.27 bits per heavy atom. The molecule has 0 unspecified atom stereocenters. The first-order chi connectivity index (χ1) is 10.8. The van der Waals surface area contributed by atoms with E-state index in [0.29, 0.717) is 6.04 Å². The molecule has 5 nitrogen and oxygen atoms in total. The van der Waals surface area contributed by atoms with Crippen molar-refractivity contribution in [3.05, 3.63) is 18.0 Å². The molecule has 0 aromatic carbocycles. The summed E-state index contributed by atoms with van der Waals surface area (Å²) in [7, 11) is 0. The largest absolute Gasteiger partial charge is 0.356 e. The van der Waals surface area contributed by atoms with Crippen molar-refractivity contribution in [1.82, 2.24) is 20.0 Å². The number of nitrogens with one attached hydrogen (secondary N) is 1. The number of amides is 1. The van der Waals surface area contributed by atoms with Gasteiger partial charge in [-0.2, -0.15) is 5.10 Å². The number of nitrogens with zero attached hydrogens (tertiary/aromatic N) is 3. The molecule has 1 saturated carbocycles. The quantitative estimate of drug-likeness (QED) is 0.931. The molecule has 1 aromatic heterocycles. The SMILES string of the molecule is CCn1cc(CN2CCCCCNC(=O)[C@@H]3CCC[C@@H]32)cn1. The van der Waals surface area contributed by atoms with Crippen molar-refractivity contribution in [2.24, 2.45) is 5.92 Å². The molecule has 1 aliphatic heterocycles. The molecule has 2 fully saturated rings. The molecule has 0 bridgehead atoms. The fraction of sp³-hybridized carbons (Fsp3) is 0.765. The Hall–Kier alpha value is -1.36. The van der Waals surface area contributed by atoms with Crippen molar-refractivity contribution in [1.29, 1.82) is 0 Å². The summed E-state index contributed by atoms with van der Waals surface area (Å²) in [4.78, 5) is 14.9. The molecule has 1 N–H and O–H groups in total. The highest BCUT2D eigenvalue weighted by molar-refractivity contribution is 5.79. The Morgan fingerprint density at radius 3 is 3.00 bits per heavy atom. The monoisotopic (exact) mass is 304 g/mol. The number of carbonyl (C=O) groups excluding carboxylic acids is 1. The molecule has 0 spiro atoms. The zero-order chi connectivity index (χ0) is 15.4. The summed E-state index contributed by atoms with van der Waals surface area (Å²) in [5.41, 5.74) is 1.27. The van der Waals surface area contributed by atoms with Crippen molar-refractivity contribution < 1.29 is 4.79 Å². The molecule has 5 heteroatoms. The standard InChI is InChI=1S/C17H28N4O/c1-2-21-13-14(11-19-21)12-20-10-5-3-4-9-18-17(22)15-7-6-8-16(15)20/h11,13,15-16H,2-10,12H2,1H3,(H,18,22)/t15-,16+/m1/s1. The minimum Gasteiger partial charge on any atom is -0.356 e. The Kier molecular flexibility index (Phi) is 5.13. The highest BCUT2D eigenvalue weighted by Crippen LogP contribution is 2.32. The van der Waals surface area contributed by atoms with E-state index in [1.165, 1.54) is 24.8 Å². The van der Waals surface area contributed by atoms with Crippen LogP contribution in [0.5, 0.6) is 0 Å². The summed E-state index contributed by atoms with van der Waals surface area (Å²) in [5.74, 6) is 0.456. The lowest BCUT2D eigenvalue weighted by Gasteiger charge is -2.33. The van der Waals surface area contributed by atoms with Crippen molar-refractivity contribution in [2.75, 3.05) is 13.1 Å². The number of hydrogen-bond donors (Lipinski definition) is 1. The molecule has 1 saturated heterocycles. The maximum atomic E-state index is 12.4. The summed E-state index contributed by atoms with van der Waals surface area (Å²) in [6, 6.07) is 0.406. The molecule has 1 aromatic rings. The molecule has 22 heavy (non-hydrogen) atoms. The topological polar surface area (TPSA) is 50.2 Å². The minimum absolute atomic E-state index is 0.180. The number of rotatable bonds is 3. The van der Waals surface area contributed by atoms with E-state index in [-0.39, 0.29) is 11.8 Å². The second-order valence-corrected chi connectivity index (χ2v) is 6.63. The molecule has 2 aliphatic rings. The van der Waals surface area contributed by atoms with E-state index in [9.17, 15) is 4.79 Å². The maximum absolute atomic E-state index is 12.4. The predicted octanol–water partition coefficient (Wildman–Crippen LogP) is 2.17. The van der Waals surface area contributed by atoms with E-state index in [1.54, 1.807) is 0 Å². The number of hydrogen-bond acceptors (Lipinski definition) is 3. The summed E-state index contributed by atoms with van der Waals surface area (Å²) in [5, 5.41) is 7.53. The second-order valence-electron chi connectivity index (χ2n) is 6.63. The molecule has 0 radical (unpaired) electrons. The van der Waals surface area contributed by atoms with Crippen LogP contribution in [0.2, 0.25) is 0 Å². The van der Waals surface area contributed by atoms with Crippen molar-refractivity contribution in [3.63, 3.8) is 0 Å². The minimum atomic E-state index is 0.180. The van der Waals surface area contributed by atoms with E-state index in [1.807, 2.05) is 10.9 Å². The smallest absolute Gasteiger partial charge is 0.224 e. The Balaban J connectivity index is 1.74. The van der Waals surface area contributed by atoms with Gasteiger partial charge in [0.15, 0.2) is 0 Å². The van der Waals surface area contributed by atoms with Crippen LogP contribution in [0.3, 0.4) is 0 Å². The van der Waals surface area contributed by atoms with Crippen LogP contribution in [0, 0.1) is 5.92 Å². The number of carbonyl (C=O) groups is 1.